The van der Waals surface area contributed by atoms with Crippen molar-refractivity contribution < 1.29 is 23.9 Å². The second-order valence-corrected chi connectivity index (χ2v) is 8.14. The molecule has 2 aromatic carbocycles. The number of ether oxygens (including phenoxy) is 2. The third-order valence-corrected chi connectivity index (χ3v) is 5.59. The van der Waals surface area contributed by atoms with Crippen molar-refractivity contribution in [2.24, 2.45) is 4.99 Å². The first kappa shape index (κ1) is 23.4. The fourth-order valence-electron chi connectivity index (χ4n) is 2.73. The highest BCUT2D eigenvalue weighted by Gasteiger charge is 2.18. The van der Waals surface area contributed by atoms with Gasteiger partial charge in [0.1, 0.15) is 5.75 Å². The summed E-state index contributed by atoms with van der Waals surface area (Å²) in [5, 5.41) is 2.43. The number of thiazole rings is 1. The maximum atomic E-state index is 12.2. The van der Waals surface area contributed by atoms with E-state index < -0.39 is 24.6 Å². The van der Waals surface area contributed by atoms with Crippen molar-refractivity contribution in [1.29, 1.82) is 0 Å². The normalized spacial score (nSPS) is 12.3. The number of nitrogens with zero attached hydrogens (tertiary/aromatic N) is 2. The van der Waals surface area contributed by atoms with Crippen LogP contribution < -0.4 is 9.54 Å². The molecule has 1 atom stereocenters. The number of halogens is 1. The van der Waals surface area contributed by atoms with Crippen LogP contribution in [0.15, 0.2) is 65.1 Å². The molecule has 3 rings (SSSR count). The highest BCUT2D eigenvalue weighted by atomic mass is 35.5. The van der Waals surface area contributed by atoms with Crippen LogP contribution in [-0.2, 0) is 20.9 Å². The van der Waals surface area contributed by atoms with E-state index in [0.29, 0.717) is 27.7 Å². The number of esters is 1. The number of amides is 1. The van der Waals surface area contributed by atoms with Crippen molar-refractivity contribution in [3.05, 3.63) is 81.1 Å². The van der Waals surface area contributed by atoms with E-state index in [9.17, 15) is 14.4 Å². The summed E-state index contributed by atoms with van der Waals surface area (Å²) in [5.74, 6) is -0.939. The Balaban J connectivity index is 1.56. The van der Waals surface area contributed by atoms with E-state index in [1.807, 2.05) is 23.6 Å². The molecular formula is C23H21ClN2O5S. The van der Waals surface area contributed by atoms with Gasteiger partial charge in [0.05, 0.1) is 6.54 Å². The molecule has 9 heteroatoms. The molecule has 0 unspecified atom stereocenters. The van der Waals surface area contributed by atoms with E-state index >= 15 is 0 Å². The van der Waals surface area contributed by atoms with Crippen LogP contribution in [0.2, 0.25) is 5.02 Å². The van der Waals surface area contributed by atoms with Crippen molar-refractivity contribution in [2.45, 2.75) is 26.5 Å². The first-order chi connectivity index (χ1) is 15.3. The molecule has 0 aliphatic heterocycles. The number of benzene rings is 2. The highest BCUT2D eigenvalue weighted by Crippen LogP contribution is 2.16. The zero-order valence-electron chi connectivity index (χ0n) is 17.5. The van der Waals surface area contributed by atoms with Gasteiger partial charge < -0.3 is 14.0 Å². The van der Waals surface area contributed by atoms with Gasteiger partial charge >= 0.3 is 5.97 Å². The number of hydrogen-bond donors (Lipinski definition) is 0. The second-order valence-electron chi connectivity index (χ2n) is 6.86. The highest BCUT2D eigenvalue weighted by molar-refractivity contribution is 7.07. The zero-order valence-corrected chi connectivity index (χ0v) is 19.1. The second kappa shape index (κ2) is 10.9. The monoisotopic (exact) mass is 472 g/mol. The molecule has 1 heterocycles. The smallest absolute Gasteiger partial charge is 0.347 e. The van der Waals surface area contributed by atoms with Crippen LogP contribution in [0.5, 0.6) is 5.75 Å². The summed E-state index contributed by atoms with van der Waals surface area (Å²) >= 11 is 7.49. The van der Waals surface area contributed by atoms with Gasteiger partial charge in [0.2, 0.25) is 0 Å². The SMILES string of the molecule is CC(=O)c1ccc(O[C@@H](C)C(=O)OCC(=O)N=c2sccn2Cc2ccccc2Cl)cc1. The minimum absolute atomic E-state index is 0.0646. The lowest BCUT2D eigenvalue weighted by molar-refractivity contribution is -0.154. The number of carbonyl (C=O) groups excluding carboxylic acids is 3. The van der Waals surface area contributed by atoms with Crippen LogP contribution in [0.1, 0.15) is 29.8 Å². The van der Waals surface area contributed by atoms with Crippen molar-refractivity contribution in [3.63, 3.8) is 0 Å². The minimum atomic E-state index is -0.933. The summed E-state index contributed by atoms with van der Waals surface area (Å²) in [7, 11) is 0. The third-order valence-electron chi connectivity index (χ3n) is 4.42. The predicted molar refractivity (Wildman–Crippen MR) is 121 cm³/mol. The summed E-state index contributed by atoms with van der Waals surface area (Å²) in [5.41, 5.74) is 1.44. The van der Waals surface area contributed by atoms with Gasteiger partial charge in [0.15, 0.2) is 23.3 Å². The molecule has 32 heavy (non-hydrogen) atoms. The molecule has 0 N–H and O–H groups in total. The Hall–Kier alpha value is -3.23. The predicted octanol–water partition coefficient (Wildman–Crippen LogP) is 3.89. The zero-order chi connectivity index (χ0) is 23.1. The number of aromatic nitrogens is 1. The van der Waals surface area contributed by atoms with Gasteiger partial charge in [-0.25, -0.2) is 4.79 Å². The molecule has 166 valence electrons. The number of hydrogen-bond acceptors (Lipinski definition) is 6. The molecule has 0 radical (unpaired) electrons. The van der Waals surface area contributed by atoms with E-state index in [1.54, 1.807) is 41.1 Å². The summed E-state index contributed by atoms with van der Waals surface area (Å²) in [6, 6.07) is 13.8. The van der Waals surface area contributed by atoms with E-state index in [1.165, 1.54) is 25.2 Å². The van der Waals surface area contributed by atoms with Crippen molar-refractivity contribution in [2.75, 3.05) is 6.61 Å². The van der Waals surface area contributed by atoms with Crippen LogP contribution in [0.25, 0.3) is 0 Å². The van der Waals surface area contributed by atoms with Crippen molar-refractivity contribution >= 4 is 40.6 Å². The maximum absolute atomic E-state index is 12.2. The van der Waals surface area contributed by atoms with Gasteiger partial charge in [0, 0.05) is 22.2 Å². The van der Waals surface area contributed by atoms with E-state index in [2.05, 4.69) is 4.99 Å². The van der Waals surface area contributed by atoms with Crippen LogP contribution in [0.3, 0.4) is 0 Å². The van der Waals surface area contributed by atoms with Gasteiger partial charge in [-0.2, -0.15) is 4.99 Å². The lowest BCUT2D eigenvalue weighted by Crippen LogP contribution is -2.28. The summed E-state index contributed by atoms with van der Waals surface area (Å²) < 4.78 is 12.3. The van der Waals surface area contributed by atoms with Gasteiger partial charge in [0.25, 0.3) is 5.91 Å². The van der Waals surface area contributed by atoms with E-state index in [-0.39, 0.29) is 5.78 Å². The standard InChI is InChI=1S/C23H21ClN2O5S/c1-15(27)17-7-9-19(10-8-17)31-16(2)22(29)30-14-21(28)25-23-26(11-12-32-23)13-18-5-3-4-6-20(18)24/h3-12,16H,13-14H2,1-2H3/t16-/m0/s1. The molecule has 1 amide bonds. The first-order valence-electron chi connectivity index (χ1n) is 9.72. The van der Waals surface area contributed by atoms with Gasteiger partial charge in [-0.3, -0.25) is 9.59 Å². The topological polar surface area (TPSA) is 87.0 Å². The van der Waals surface area contributed by atoms with E-state index in [4.69, 9.17) is 21.1 Å². The molecule has 7 nitrogen and oxygen atoms in total. The number of rotatable bonds is 8. The lowest BCUT2D eigenvalue weighted by atomic mass is 10.1. The number of ketones is 1. The first-order valence-corrected chi connectivity index (χ1v) is 11.0. The fraction of sp³-hybridized carbons (Fsp3) is 0.217. The largest absolute Gasteiger partial charge is 0.479 e. The Labute approximate surface area is 193 Å². The molecule has 0 saturated carbocycles. The Morgan fingerprint density at radius 2 is 1.84 bits per heavy atom. The van der Waals surface area contributed by atoms with Crippen LogP contribution in [-0.4, -0.2) is 34.9 Å². The van der Waals surface area contributed by atoms with Crippen LogP contribution in [0, 0.1) is 0 Å². The molecule has 0 saturated heterocycles. The molecule has 0 fully saturated rings. The minimum Gasteiger partial charge on any atom is -0.479 e. The molecule has 0 aliphatic carbocycles. The fourth-order valence-corrected chi connectivity index (χ4v) is 3.67. The molecular weight excluding hydrogens is 452 g/mol. The third kappa shape index (κ3) is 6.38. The maximum Gasteiger partial charge on any atom is 0.347 e. The van der Waals surface area contributed by atoms with Crippen LogP contribution >= 0.6 is 22.9 Å². The molecule has 3 aromatic rings. The Bertz CT molecular complexity index is 1180. The summed E-state index contributed by atoms with van der Waals surface area (Å²) in [4.78, 5) is 40.2. The van der Waals surface area contributed by atoms with Gasteiger partial charge in [-0.1, -0.05) is 29.8 Å². The Kier molecular flexibility index (Phi) is 7.97. The van der Waals surface area contributed by atoms with Gasteiger partial charge in [-0.05, 0) is 49.7 Å². The number of carbonyl (C=O) groups is 3. The Morgan fingerprint density at radius 3 is 2.53 bits per heavy atom. The average molecular weight is 473 g/mol. The lowest BCUT2D eigenvalue weighted by Gasteiger charge is -2.13. The van der Waals surface area contributed by atoms with E-state index in [0.717, 1.165) is 5.56 Å². The summed E-state index contributed by atoms with van der Waals surface area (Å²) in [6.07, 6.45) is 0.872. The molecule has 1 aromatic heterocycles. The van der Waals surface area contributed by atoms with Crippen LogP contribution in [0.4, 0.5) is 0 Å². The summed E-state index contributed by atoms with van der Waals surface area (Å²) in [6.45, 7) is 2.94. The quantitative estimate of drug-likeness (QED) is 0.366. The van der Waals surface area contributed by atoms with Crippen molar-refractivity contribution in [3.8, 4) is 5.75 Å². The molecule has 0 bridgehead atoms. The number of Topliss-reactive ketones (excluding diaryl/α,β-unsaturated/α-hetero) is 1. The van der Waals surface area contributed by atoms with Crippen molar-refractivity contribution in [1.82, 2.24) is 4.57 Å². The Morgan fingerprint density at radius 1 is 1.12 bits per heavy atom. The van der Waals surface area contributed by atoms with Gasteiger partial charge in [-0.15, -0.1) is 11.3 Å². The molecule has 0 spiro atoms. The average Bonchev–Trinajstić information content (AvgIpc) is 3.20. The molecule has 0 aliphatic rings.